The average Bonchev–Trinajstić information content (AvgIpc) is 3.44. The summed E-state index contributed by atoms with van der Waals surface area (Å²) in [5, 5.41) is 16.3. The minimum atomic E-state index is -0.442. The zero-order valence-corrected chi connectivity index (χ0v) is 24.9. The number of allylic oxidation sites excluding steroid dienone is 1. The summed E-state index contributed by atoms with van der Waals surface area (Å²) in [6.45, 7) is 6.69. The Balaban J connectivity index is 1.25. The molecule has 1 aliphatic carbocycles. The van der Waals surface area contributed by atoms with E-state index in [1.807, 2.05) is 37.3 Å². The minimum Gasteiger partial charge on any atom is -0.493 e. The van der Waals surface area contributed by atoms with E-state index in [-0.39, 0.29) is 18.0 Å². The average molecular weight is 589 g/mol. The molecule has 5 rings (SSSR count). The first-order valence-electron chi connectivity index (χ1n) is 14.3. The van der Waals surface area contributed by atoms with Crippen molar-refractivity contribution >= 4 is 39.8 Å². The van der Waals surface area contributed by atoms with Crippen molar-refractivity contribution in [2.45, 2.75) is 45.4 Å². The van der Waals surface area contributed by atoms with Crippen molar-refractivity contribution < 1.29 is 23.7 Å². The standard InChI is InChI=1S/C32H36N4O5S/c1-4-9-21-12-14-25(27(19-21)38-3)40-16-17-41-26-15-13-22(20-28(26)39-5-2)18-24-29(33)36-32(34-30(24)37)42-31(35-36)23-10-7-6-8-11-23/h4,12-15,18-20,23,33H,1,5-11,16-17H2,2-3H3/b24-18-,33-29?. The predicted octanol–water partition coefficient (Wildman–Crippen LogP) is 6.48. The maximum atomic E-state index is 12.9. The highest BCUT2D eigenvalue weighted by atomic mass is 32.2. The van der Waals surface area contributed by atoms with E-state index in [1.165, 1.54) is 36.0 Å². The molecule has 2 heterocycles. The van der Waals surface area contributed by atoms with Gasteiger partial charge in [0.25, 0.3) is 5.91 Å². The molecule has 0 atom stereocenters. The number of carbonyl (C=O) groups is 1. The molecule has 0 spiro atoms. The van der Waals surface area contributed by atoms with Gasteiger partial charge >= 0.3 is 0 Å². The fraction of sp³-hybridized carbons (Fsp3) is 0.375. The molecule has 1 amide bonds. The molecule has 3 aliphatic rings. The van der Waals surface area contributed by atoms with Crippen molar-refractivity contribution in [1.29, 1.82) is 5.41 Å². The quantitative estimate of drug-likeness (QED) is 0.172. The molecule has 1 saturated carbocycles. The maximum absolute atomic E-state index is 12.9. The third-order valence-electron chi connectivity index (χ3n) is 7.21. The molecule has 2 aromatic rings. The summed E-state index contributed by atoms with van der Waals surface area (Å²) in [7, 11) is 1.61. The molecule has 9 nitrogen and oxygen atoms in total. The minimum absolute atomic E-state index is 0.0340. The molecule has 0 aromatic heterocycles. The van der Waals surface area contributed by atoms with Gasteiger partial charge in [0.05, 0.1) is 19.3 Å². The number of hydrogen-bond donors (Lipinski definition) is 1. The lowest BCUT2D eigenvalue weighted by molar-refractivity contribution is -0.114. The van der Waals surface area contributed by atoms with Crippen LogP contribution in [0.4, 0.5) is 0 Å². The number of aliphatic imine (C=N–C) groups is 1. The Labute approximate surface area is 250 Å². The van der Waals surface area contributed by atoms with E-state index in [2.05, 4.69) is 16.7 Å². The van der Waals surface area contributed by atoms with Crippen LogP contribution in [0.15, 0.2) is 64.7 Å². The van der Waals surface area contributed by atoms with Crippen LogP contribution in [-0.2, 0) is 11.2 Å². The van der Waals surface area contributed by atoms with Gasteiger partial charge in [-0.3, -0.25) is 10.2 Å². The smallest absolute Gasteiger partial charge is 0.283 e. The van der Waals surface area contributed by atoms with Crippen LogP contribution in [0.1, 0.15) is 50.2 Å². The third kappa shape index (κ3) is 6.70. The molecule has 2 aliphatic heterocycles. The molecule has 1 fully saturated rings. The number of nitrogens with one attached hydrogen (secondary N) is 1. The van der Waals surface area contributed by atoms with Gasteiger partial charge in [0.1, 0.15) is 18.3 Å². The van der Waals surface area contributed by atoms with Gasteiger partial charge in [-0.05, 0) is 79.4 Å². The van der Waals surface area contributed by atoms with Crippen LogP contribution in [0.5, 0.6) is 23.0 Å². The second-order valence-electron chi connectivity index (χ2n) is 10.1. The number of rotatable bonds is 12. The van der Waals surface area contributed by atoms with Gasteiger partial charge in [-0.1, -0.05) is 37.5 Å². The summed E-state index contributed by atoms with van der Waals surface area (Å²) in [4.78, 5) is 17.2. The zero-order valence-electron chi connectivity index (χ0n) is 24.1. The van der Waals surface area contributed by atoms with Crippen molar-refractivity contribution in [2.75, 3.05) is 26.9 Å². The number of hydrogen-bond acceptors (Lipinski definition) is 8. The van der Waals surface area contributed by atoms with Crippen molar-refractivity contribution in [3.63, 3.8) is 0 Å². The second-order valence-corrected chi connectivity index (χ2v) is 11.1. The first kappa shape index (κ1) is 29.4. The maximum Gasteiger partial charge on any atom is 0.283 e. The molecule has 1 N–H and O–H groups in total. The highest BCUT2D eigenvalue weighted by Gasteiger charge is 2.38. The summed E-state index contributed by atoms with van der Waals surface area (Å²) in [5.41, 5.74) is 1.97. The first-order chi connectivity index (χ1) is 20.5. The Bertz CT molecular complexity index is 1440. The van der Waals surface area contributed by atoms with Crippen LogP contribution < -0.4 is 18.9 Å². The molecule has 0 saturated heterocycles. The lowest BCUT2D eigenvalue weighted by Gasteiger charge is -2.20. The fourth-order valence-corrected chi connectivity index (χ4v) is 6.18. The number of methoxy groups -OCH3 is 1. The molecular formula is C32H36N4O5S. The second kappa shape index (κ2) is 13.7. The van der Waals surface area contributed by atoms with Crippen molar-refractivity contribution in [1.82, 2.24) is 5.01 Å². The van der Waals surface area contributed by atoms with Crippen LogP contribution in [0.25, 0.3) is 6.08 Å². The largest absolute Gasteiger partial charge is 0.493 e. The van der Waals surface area contributed by atoms with E-state index in [0.717, 1.165) is 29.9 Å². The van der Waals surface area contributed by atoms with Gasteiger partial charge in [0.2, 0.25) is 5.17 Å². The number of nitrogens with zero attached hydrogens (tertiary/aromatic N) is 3. The van der Waals surface area contributed by atoms with Crippen LogP contribution in [0, 0.1) is 11.3 Å². The predicted molar refractivity (Wildman–Crippen MR) is 167 cm³/mol. The van der Waals surface area contributed by atoms with Gasteiger partial charge < -0.3 is 18.9 Å². The Morgan fingerprint density at radius 3 is 2.48 bits per heavy atom. The number of amidine groups is 2. The molecule has 0 bridgehead atoms. The lowest BCUT2D eigenvalue weighted by Crippen LogP contribution is -2.35. The van der Waals surface area contributed by atoms with Gasteiger partial charge in [0.15, 0.2) is 28.8 Å². The van der Waals surface area contributed by atoms with E-state index in [4.69, 9.17) is 24.4 Å². The van der Waals surface area contributed by atoms with Crippen molar-refractivity contribution in [3.8, 4) is 23.0 Å². The molecule has 0 unspecified atom stereocenters. The topological polar surface area (TPSA) is 106 Å². The van der Waals surface area contributed by atoms with Crippen molar-refractivity contribution in [3.05, 3.63) is 65.8 Å². The van der Waals surface area contributed by atoms with Crippen LogP contribution in [-0.4, -0.2) is 53.9 Å². The zero-order chi connectivity index (χ0) is 29.5. The van der Waals surface area contributed by atoms with Crippen LogP contribution >= 0.6 is 11.8 Å². The number of hydrazone groups is 1. The van der Waals surface area contributed by atoms with E-state index < -0.39 is 5.91 Å². The fourth-order valence-electron chi connectivity index (χ4n) is 5.12. The number of carbonyl (C=O) groups excluding carboxylic acids is 1. The highest BCUT2D eigenvalue weighted by molar-refractivity contribution is 8.27. The Morgan fingerprint density at radius 1 is 1.02 bits per heavy atom. The van der Waals surface area contributed by atoms with E-state index >= 15 is 0 Å². The molecule has 2 aromatic carbocycles. The number of amides is 1. The molecule has 220 valence electrons. The summed E-state index contributed by atoms with van der Waals surface area (Å²) >= 11 is 1.42. The number of fused-ring (bicyclic) bond motifs is 1. The van der Waals surface area contributed by atoms with E-state index in [1.54, 1.807) is 25.3 Å². The summed E-state index contributed by atoms with van der Waals surface area (Å²) in [5.74, 6) is 2.35. The Kier molecular flexibility index (Phi) is 9.63. The monoisotopic (exact) mass is 588 g/mol. The van der Waals surface area contributed by atoms with Gasteiger partial charge in [0, 0.05) is 5.92 Å². The number of benzene rings is 2. The molecule has 10 heteroatoms. The highest BCUT2D eigenvalue weighted by Crippen LogP contribution is 2.37. The normalized spacial score (nSPS) is 18.0. The molecular weight excluding hydrogens is 552 g/mol. The summed E-state index contributed by atoms with van der Waals surface area (Å²) < 4.78 is 23.2. The number of ether oxygens (including phenoxy) is 4. The Morgan fingerprint density at radius 2 is 1.76 bits per heavy atom. The van der Waals surface area contributed by atoms with Gasteiger partial charge in [-0.15, -0.1) is 6.58 Å². The van der Waals surface area contributed by atoms with Gasteiger partial charge in [-0.25, -0.2) is 0 Å². The molecule has 42 heavy (non-hydrogen) atoms. The van der Waals surface area contributed by atoms with Crippen LogP contribution in [0.2, 0.25) is 0 Å². The number of thioether (sulfide) groups is 1. The lowest BCUT2D eigenvalue weighted by atomic mass is 9.90. The first-order valence-corrected chi connectivity index (χ1v) is 15.1. The van der Waals surface area contributed by atoms with Crippen molar-refractivity contribution in [2.24, 2.45) is 16.0 Å². The summed E-state index contributed by atoms with van der Waals surface area (Å²) in [6.07, 6.45) is 10.1. The van der Waals surface area contributed by atoms with Crippen LogP contribution in [0.3, 0.4) is 0 Å². The third-order valence-corrected chi connectivity index (χ3v) is 8.28. The van der Waals surface area contributed by atoms with E-state index in [0.29, 0.717) is 52.9 Å². The molecule has 0 radical (unpaired) electrons. The summed E-state index contributed by atoms with van der Waals surface area (Å²) in [6, 6.07) is 11.2. The van der Waals surface area contributed by atoms with E-state index in [9.17, 15) is 4.79 Å². The SMILES string of the molecule is C=CCc1ccc(OCCOc2ccc(/C=C3/C(=N)N4N=C(C5CCCCC5)SC4=NC3=O)cc2OCC)c(OC)c1. The Hall–Kier alpha value is -4.05. The van der Waals surface area contributed by atoms with Gasteiger partial charge in [-0.2, -0.15) is 15.1 Å².